The van der Waals surface area contributed by atoms with Crippen LogP contribution >= 0.6 is 0 Å². The lowest BCUT2D eigenvalue weighted by molar-refractivity contribution is -0.104. The maximum atomic E-state index is 9.79. The number of rotatable bonds is 5. The van der Waals surface area contributed by atoms with Gasteiger partial charge in [-0.3, -0.25) is 4.79 Å². The van der Waals surface area contributed by atoms with Gasteiger partial charge in [0.1, 0.15) is 6.29 Å². The predicted molar refractivity (Wildman–Crippen MR) is 45.5 cm³/mol. The fourth-order valence-electron chi connectivity index (χ4n) is 0.473. The fourth-order valence-corrected chi connectivity index (χ4v) is 0.473. The van der Waals surface area contributed by atoms with Crippen molar-refractivity contribution in [2.24, 2.45) is 0 Å². The number of carbonyl (C=O) groups excluding carboxylic acids is 1. The molecule has 0 spiro atoms. The summed E-state index contributed by atoms with van der Waals surface area (Å²) in [6.07, 6.45) is 5.85. The van der Waals surface area contributed by atoms with Crippen LogP contribution in [-0.4, -0.2) is 19.5 Å². The maximum absolute atomic E-state index is 9.79. The van der Waals surface area contributed by atoms with E-state index in [1.54, 1.807) is 6.08 Å². The smallest absolute Gasteiger partial charge is 0.142 e. The van der Waals surface area contributed by atoms with Gasteiger partial charge >= 0.3 is 0 Å². The molecule has 0 rings (SSSR count). The van der Waals surface area contributed by atoms with Crippen molar-refractivity contribution >= 4 is 6.29 Å². The molecule has 0 saturated carbocycles. The van der Waals surface area contributed by atoms with E-state index >= 15 is 0 Å². The van der Waals surface area contributed by atoms with Crippen molar-refractivity contribution in [2.45, 2.75) is 13.8 Å². The molecule has 0 amide bonds. The first-order valence-electron chi connectivity index (χ1n) is 3.58. The van der Waals surface area contributed by atoms with E-state index in [1.165, 1.54) is 11.6 Å². The highest BCUT2D eigenvalue weighted by Crippen LogP contribution is 1.88. The van der Waals surface area contributed by atoms with Gasteiger partial charge in [-0.15, -0.1) is 0 Å². The fraction of sp³-hybridized carbons (Fsp3) is 0.444. The van der Waals surface area contributed by atoms with Crippen molar-refractivity contribution in [2.75, 3.05) is 13.2 Å². The molecule has 0 unspecified atom stereocenters. The summed E-state index contributed by atoms with van der Waals surface area (Å²) < 4.78 is 5.12. The number of ether oxygens (including phenoxy) is 1. The summed E-state index contributed by atoms with van der Waals surface area (Å²) in [6, 6.07) is 0. The predicted octanol–water partition coefficient (Wildman–Crippen LogP) is 1.72. The monoisotopic (exact) mass is 154 g/mol. The molecule has 0 aliphatic rings. The largest absolute Gasteiger partial charge is 0.373 e. The van der Waals surface area contributed by atoms with Crippen LogP contribution in [0.1, 0.15) is 13.8 Å². The summed E-state index contributed by atoms with van der Waals surface area (Å²) in [7, 11) is 0. The molecule has 0 fully saturated rings. The third kappa shape index (κ3) is 9.11. The Morgan fingerprint density at radius 1 is 1.36 bits per heavy atom. The average molecular weight is 154 g/mol. The normalized spacial score (nSPS) is 10.0. The summed E-state index contributed by atoms with van der Waals surface area (Å²) in [5, 5.41) is 0. The number of aldehydes is 1. The van der Waals surface area contributed by atoms with Gasteiger partial charge in [-0.1, -0.05) is 17.7 Å². The Kier molecular flexibility index (Phi) is 6.64. The van der Waals surface area contributed by atoms with Gasteiger partial charge in [0.25, 0.3) is 0 Å². The zero-order valence-electron chi connectivity index (χ0n) is 7.04. The van der Waals surface area contributed by atoms with Crippen LogP contribution in [0, 0.1) is 0 Å². The molecule has 0 atom stereocenters. The zero-order valence-corrected chi connectivity index (χ0v) is 7.04. The molecule has 62 valence electrons. The van der Waals surface area contributed by atoms with Crippen LogP contribution in [-0.2, 0) is 9.53 Å². The molecule has 2 nitrogen and oxygen atoms in total. The van der Waals surface area contributed by atoms with Gasteiger partial charge < -0.3 is 4.74 Å². The lowest BCUT2D eigenvalue weighted by Crippen LogP contribution is -1.90. The van der Waals surface area contributed by atoms with Crippen molar-refractivity contribution < 1.29 is 9.53 Å². The maximum Gasteiger partial charge on any atom is 0.142 e. The topological polar surface area (TPSA) is 26.3 Å². The Morgan fingerprint density at radius 3 is 2.64 bits per heavy atom. The highest BCUT2D eigenvalue weighted by molar-refractivity contribution is 5.64. The summed E-state index contributed by atoms with van der Waals surface area (Å²) in [6.45, 7) is 5.16. The number of carbonyl (C=O) groups is 1. The van der Waals surface area contributed by atoms with Crippen LogP contribution < -0.4 is 0 Å². The van der Waals surface area contributed by atoms with E-state index in [1.807, 2.05) is 19.9 Å². The Hall–Kier alpha value is -0.890. The highest BCUT2D eigenvalue weighted by atomic mass is 16.5. The van der Waals surface area contributed by atoms with E-state index in [-0.39, 0.29) is 0 Å². The first kappa shape index (κ1) is 10.1. The van der Waals surface area contributed by atoms with Gasteiger partial charge in [0, 0.05) is 0 Å². The average Bonchev–Trinajstić information content (AvgIpc) is 1.96. The molecule has 0 N–H and O–H groups in total. The van der Waals surface area contributed by atoms with Crippen LogP contribution in [0.25, 0.3) is 0 Å². The Morgan fingerprint density at radius 2 is 2.09 bits per heavy atom. The summed E-state index contributed by atoms with van der Waals surface area (Å²) in [5.41, 5.74) is 1.24. The second-order valence-electron chi connectivity index (χ2n) is 2.38. The Balaban J connectivity index is 3.21. The molecule has 0 aliphatic carbocycles. The summed E-state index contributed by atoms with van der Waals surface area (Å²) in [4.78, 5) is 9.79. The third-order valence-corrected chi connectivity index (χ3v) is 1.04. The molecule has 2 heteroatoms. The molecule has 0 saturated heterocycles. The molecule has 0 aliphatic heterocycles. The first-order chi connectivity index (χ1) is 5.27. The van der Waals surface area contributed by atoms with Crippen LogP contribution in [0.5, 0.6) is 0 Å². The van der Waals surface area contributed by atoms with Gasteiger partial charge in [-0.05, 0) is 19.9 Å². The van der Waals surface area contributed by atoms with Crippen molar-refractivity contribution in [1.29, 1.82) is 0 Å². The molecule has 0 aromatic heterocycles. The van der Waals surface area contributed by atoms with Gasteiger partial charge in [-0.25, -0.2) is 0 Å². The Bertz CT molecular complexity index is 153. The minimum atomic E-state index is 0.502. The minimum absolute atomic E-state index is 0.502. The van der Waals surface area contributed by atoms with E-state index < -0.39 is 0 Å². The molecule has 0 heterocycles. The second-order valence-corrected chi connectivity index (χ2v) is 2.38. The molecule has 0 radical (unpaired) electrons. The highest BCUT2D eigenvalue weighted by Gasteiger charge is 1.79. The van der Waals surface area contributed by atoms with Crippen molar-refractivity contribution in [3.63, 3.8) is 0 Å². The summed E-state index contributed by atoms with van der Waals surface area (Å²) in [5.74, 6) is 0. The van der Waals surface area contributed by atoms with Crippen molar-refractivity contribution in [3.8, 4) is 0 Å². The number of hydrogen-bond donors (Lipinski definition) is 0. The van der Waals surface area contributed by atoms with Gasteiger partial charge in [0.2, 0.25) is 0 Å². The molecule has 0 bridgehead atoms. The quantitative estimate of drug-likeness (QED) is 0.261. The molecule has 0 aromatic carbocycles. The summed E-state index contributed by atoms with van der Waals surface area (Å²) >= 11 is 0. The van der Waals surface area contributed by atoms with Crippen LogP contribution in [0.2, 0.25) is 0 Å². The molecule has 11 heavy (non-hydrogen) atoms. The SMILES string of the molecule is CC(C)=CCOC/C=C/C=O. The first-order valence-corrected chi connectivity index (χ1v) is 3.58. The minimum Gasteiger partial charge on any atom is -0.373 e. The van der Waals surface area contributed by atoms with Crippen LogP contribution in [0.15, 0.2) is 23.8 Å². The van der Waals surface area contributed by atoms with Crippen LogP contribution in [0.4, 0.5) is 0 Å². The second kappa shape index (κ2) is 7.22. The standard InChI is InChI=1S/C9H14O2/c1-9(2)5-8-11-7-4-3-6-10/h3-6H,7-8H2,1-2H3/b4-3+. The van der Waals surface area contributed by atoms with E-state index in [9.17, 15) is 4.79 Å². The van der Waals surface area contributed by atoms with Gasteiger partial charge in [0.05, 0.1) is 13.2 Å². The van der Waals surface area contributed by atoms with E-state index in [0.717, 1.165) is 6.29 Å². The Labute approximate surface area is 67.6 Å². The lowest BCUT2D eigenvalue weighted by atomic mass is 10.3. The van der Waals surface area contributed by atoms with Crippen molar-refractivity contribution in [1.82, 2.24) is 0 Å². The van der Waals surface area contributed by atoms with Gasteiger partial charge in [0.15, 0.2) is 0 Å². The molecular weight excluding hydrogens is 140 g/mol. The number of allylic oxidation sites excluding steroid dienone is 2. The number of hydrogen-bond acceptors (Lipinski definition) is 2. The van der Waals surface area contributed by atoms with Gasteiger partial charge in [-0.2, -0.15) is 0 Å². The lowest BCUT2D eigenvalue weighted by Gasteiger charge is -1.94. The van der Waals surface area contributed by atoms with E-state index in [0.29, 0.717) is 13.2 Å². The van der Waals surface area contributed by atoms with E-state index in [2.05, 4.69) is 0 Å². The van der Waals surface area contributed by atoms with E-state index in [4.69, 9.17) is 4.74 Å². The molecule has 0 aromatic rings. The third-order valence-electron chi connectivity index (χ3n) is 1.04. The zero-order chi connectivity index (χ0) is 8.53. The van der Waals surface area contributed by atoms with Crippen molar-refractivity contribution in [3.05, 3.63) is 23.8 Å². The molecular formula is C9H14O2. The van der Waals surface area contributed by atoms with Crippen LogP contribution in [0.3, 0.4) is 0 Å².